The van der Waals surface area contributed by atoms with Crippen molar-refractivity contribution in [3.8, 4) is 5.75 Å². The molecule has 1 aliphatic rings. The Kier molecular flexibility index (Phi) is 3.77. The number of phenols is 1. The van der Waals surface area contributed by atoms with E-state index in [0.29, 0.717) is 13.0 Å². The first kappa shape index (κ1) is 13.8. The molecule has 1 aliphatic heterocycles. The van der Waals surface area contributed by atoms with Crippen molar-refractivity contribution in [2.45, 2.75) is 30.9 Å². The second-order valence-electron chi connectivity index (χ2n) is 4.14. The van der Waals surface area contributed by atoms with Crippen LogP contribution >= 0.6 is 0 Å². The number of hydrogen-bond donors (Lipinski definition) is 1. The van der Waals surface area contributed by atoms with Crippen LogP contribution in [0.3, 0.4) is 0 Å². The van der Waals surface area contributed by atoms with Crippen LogP contribution in [0.25, 0.3) is 0 Å². The highest BCUT2D eigenvalue weighted by atomic mass is 32.2. The third-order valence-electron chi connectivity index (χ3n) is 2.87. The third kappa shape index (κ3) is 2.57. The second-order valence-corrected chi connectivity index (χ2v) is 5.95. The Morgan fingerprint density at radius 1 is 1.37 bits per heavy atom. The van der Waals surface area contributed by atoms with E-state index in [0.717, 1.165) is 4.31 Å². The lowest BCUT2D eigenvalue weighted by molar-refractivity contribution is -0.128. The fourth-order valence-electron chi connectivity index (χ4n) is 2.00. The Balaban J connectivity index is 2.37. The molecule has 0 bridgehead atoms. The average molecular weight is 285 g/mol. The molecule has 0 saturated carbocycles. The number of carbonyl (C=O) groups excluding carboxylic acids is 1. The molecule has 0 aromatic heterocycles. The lowest BCUT2D eigenvalue weighted by Gasteiger charge is -2.23. The van der Waals surface area contributed by atoms with Crippen LogP contribution in [0.1, 0.15) is 19.8 Å². The van der Waals surface area contributed by atoms with E-state index in [1.54, 1.807) is 6.92 Å². The average Bonchev–Trinajstić information content (AvgIpc) is 2.72. The normalized spacial score (nSPS) is 19.9. The molecule has 7 heteroatoms. The lowest BCUT2D eigenvalue weighted by atomic mass is 10.3. The van der Waals surface area contributed by atoms with Crippen LogP contribution in [0.5, 0.6) is 5.75 Å². The van der Waals surface area contributed by atoms with Crippen molar-refractivity contribution in [2.24, 2.45) is 0 Å². The molecule has 1 unspecified atom stereocenters. The van der Waals surface area contributed by atoms with Gasteiger partial charge in [-0.3, -0.25) is 4.79 Å². The van der Waals surface area contributed by atoms with Crippen LogP contribution in [0.15, 0.2) is 29.2 Å². The number of carbonyl (C=O) groups is 1. The fraction of sp³-hybridized carbons (Fsp3) is 0.417. The van der Waals surface area contributed by atoms with Gasteiger partial charge in [-0.25, -0.2) is 12.7 Å². The molecule has 0 aliphatic carbocycles. The van der Waals surface area contributed by atoms with Gasteiger partial charge >= 0.3 is 0 Å². The van der Waals surface area contributed by atoms with Gasteiger partial charge in [0.15, 0.2) is 0 Å². The number of hydrogen-bond acceptors (Lipinski definition) is 5. The smallest absolute Gasteiger partial charge is 0.268 e. The molecule has 104 valence electrons. The van der Waals surface area contributed by atoms with Gasteiger partial charge in [-0.05, 0) is 31.2 Å². The Hall–Kier alpha value is -1.60. The molecule has 1 atom stereocenters. The van der Waals surface area contributed by atoms with Crippen molar-refractivity contribution in [1.29, 1.82) is 0 Å². The van der Waals surface area contributed by atoms with Crippen molar-refractivity contribution in [2.75, 3.05) is 6.61 Å². The van der Waals surface area contributed by atoms with Gasteiger partial charge in [-0.1, -0.05) is 0 Å². The zero-order valence-corrected chi connectivity index (χ0v) is 11.3. The molecule has 1 N–H and O–H groups in total. The second kappa shape index (κ2) is 5.18. The number of benzene rings is 1. The quantitative estimate of drug-likeness (QED) is 0.894. The molecule has 6 nitrogen and oxygen atoms in total. The summed E-state index contributed by atoms with van der Waals surface area (Å²) in [5.74, 6) is -0.500. The number of nitrogens with zero attached hydrogens (tertiary/aromatic N) is 1. The maximum Gasteiger partial charge on any atom is 0.268 e. The first-order chi connectivity index (χ1) is 8.96. The summed E-state index contributed by atoms with van der Waals surface area (Å²) in [5, 5.41) is 9.18. The van der Waals surface area contributed by atoms with Crippen molar-refractivity contribution in [3.63, 3.8) is 0 Å². The highest BCUT2D eigenvalue weighted by Crippen LogP contribution is 2.28. The van der Waals surface area contributed by atoms with Gasteiger partial charge in [-0.2, -0.15) is 0 Å². The highest BCUT2D eigenvalue weighted by molar-refractivity contribution is 7.89. The zero-order chi connectivity index (χ0) is 14.0. The molecular weight excluding hydrogens is 270 g/mol. The van der Waals surface area contributed by atoms with Crippen LogP contribution in [-0.4, -0.2) is 36.6 Å². The van der Waals surface area contributed by atoms with E-state index in [4.69, 9.17) is 4.74 Å². The summed E-state index contributed by atoms with van der Waals surface area (Å²) in [5.41, 5.74) is 0. The number of rotatable bonds is 4. The van der Waals surface area contributed by atoms with Crippen LogP contribution < -0.4 is 0 Å². The van der Waals surface area contributed by atoms with Crippen molar-refractivity contribution >= 4 is 15.9 Å². The molecule has 1 heterocycles. The van der Waals surface area contributed by atoms with Gasteiger partial charge in [0.2, 0.25) is 5.91 Å². The molecular formula is C12H15NO5S. The predicted octanol–water partition coefficient (Wildman–Crippen LogP) is 1.07. The first-order valence-electron chi connectivity index (χ1n) is 5.94. The van der Waals surface area contributed by atoms with E-state index >= 15 is 0 Å². The van der Waals surface area contributed by atoms with Crippen molar-refractivity contribution in [1.82, 2.24) is 4.31 Å². The molecule has 1 aromatic rings. The minimum atomic E-state index is -3.93. The van der Waals surface area contributed by atoms with Gasteiger partial charge in [0.25, 0.3) is 10.0 Å². The van der Waals surface area contributed by atoms with Crippen molar-refractivity contribution in [3.05, 3.63) is 24.3 Å². The number of ether oxygens (including phenoxy) is 1. The van der Waals surface area contributed by atoms with E-state index in [-0.39, 0.29) is 17.1 Å². The largest absolute Gasteiger partial charge is 0.508 e. The topological polar surface area (TPSA) is 83.9 Å². The van der Waals surface area contributed by atoms with Gasteiger partial charge in [0.05, 0.1) is 4.90 Å². The Morgan fingerprint density at radius 3 is 2.58 bits per heavy atom. The first-order valence-corrected chi connectivity index (χ1v) is 7.38. The number of sulfonamides is 1. The minimum Gasteiger partial charge on any atom is -0.508 e. The monoisotopic (exact) mass is 285 g/mol. The van der Waals surface area contributed by atoms with E-state index in [2.05, 4.69) is 0 Å². The summed E-state index contributed by atoms with van der Waals surface area (Å²) >= 11 is 0. The molecule has 2 rings (SSSR count). The van der Waals surface area contributed by atoms with Gasteiger partial charge < -0.3 is 9.84 Å². The summed E-state index contributed by atoms with van der Waals surface area (Å²) in [6.45, 7) is 2.08. The van der Waals surface area contributed by atoms with Gasteiger partial charge in [-0.15, -0.1) is 0 Å². The Bertz CT molecular complexity index is 566. The number of aromatic hydroxyl groups is 1. The van der Waals surface area contributed by atoms with E-state index < -0.39 is 22.2 Å². The van der Waals surface area contributed by atoms with E-state index in [1.807, 2.05) is 0 Å². The number of amides is 1. The van der Waals surface area contributed by atoms with Crippen LogP contribution in [0, 0.1) is 0 Å². The molecule has 1 aromatic carbocycles. The molecule has 0 radical (unpaired) electrons. The molecule has 1 saturated heterocycles. The predicted molar refractivity (Wildman–Crippen MR) is 66.8 cm³/mol. The fourth-order valence-corrected chi connectivity index (χ4v) is 3.54. The van der Waals surface area contributed by atoms with Crippen LogP contribution in [-0.2, 0) is 19.6 Å². The maximum atomic E-state index is 12.4. The summed E-state index contributed by atoms with van der Waals surface area (Å²) < 4.78 is 30.9. The van der Waals surface area contributed by atoms with Crippen molar-refractivity contribution < 1.29 is 23.1 Å². The number of phenolic OH excluding ortho intramolecular Hbond substituents is 1. The van der Waals surface area contributed by atoms with Crippen LogP contribution in [0.4, 0.5) is 0 Å². The minimum absolute atomic E-state index is 0.0342. The zero-order valence-electron chi connectivity index (χ0n) is 10.4. The Labute approximate surface area is 111 Å². The lowest BCUT2D eigenvalue weighted by Crippen LogP contribution is -2.40. The third-order valence-corrected chi connectivity index (χ3v) is 4.69. The molecule has 19 heavy (non-hydrogen) atoms. The summed E-state index contributed by atoms with van der Waals surface area (Å²) in [7, 11) is -3.93. The molecule has 0 spiro atoms. The van der Waals surface area contributed by atoms with Gasteiger partial charge in [0.1, 0.15) is 12.0 Å². The molecule has 1 fully saturated rings. The SMILES string of the molecule is CCOC1CCC(=O)N1S(=O)(=O)c1ccc(O)cc1. The van der Waals surface area contributed by atoms with E-state index in [9.17, 15) is 18.3 Å². The summed E-state index contributed by atoms with van der Waals surface area (Å²) in [6, 6.07) is 5.06. The van der Waals surface area contributed by atoms with Crippen LogP contribution in [0.2, 0.25) is 0 Å². The maximum absolute atomic E-state index is 12.4. The van der Waals surface area contributed by atoms with Gasteiger partial charge in [0, 0.05) is 19.4 Å². The van der Waals surface area contributed by atoms with E-state index in [1.165, 1.54) is 24.3 Å². The Morgan fingerprint density at radius 2 is 2.00 bits per heavy atom. The molecule has 1 amide bonds. The summed E-state index contributed by atoms with van der Waals surface area (Å²) in [6.07, 6.45) is -0.220. The highest BCUT2D eigenvalue weighted by Gasteiger charge is 2.41. The standard InChI is InChI=1S/C12H15NO5S/c1-2-18-12-8-7-11(15)13(12)19(16,17)10-5-3-9(14)4-6-10/h3-6,12,14H,2,7-8H2,1H3. The summed E-state index contributed by atoms with van der Waals surface area (Å²) in [4.78, 5) is 11.7.